The highest BCUT2D eigenvalue weighted by Gasteiger charge is 2.33. The molecule has 0 bridgehead atoms. The number of fused-ring (bicyclic) bond motifs is 1. The van der Waals surface area contributed by atoms with Crippen LogP contribution in [-0.2, 0) is 11.2 Å². The Labute approximate surface area is 90.3 Å². The predicted molar refractivity (Wildman–Crippen MR) is 57.3 cm³/mol. The molecule has 0 fully saturated rings. The van der Waals surface area contributed by atoms with Crippen LogP contribution in [0.2, 0.25) is 0 Å². The van der Waals surface area contributed by atoms with Crippen LogP contribution in [0.4, 0.5) is 0 Å². The Morgan fingerprint density at radius 2 is 2.33 bits per heavy atom. The zero-order valence-electron chi connectivity index (χ0n) is 9.31. The molecular formula is C12H17N2O+. The van der Waals surface area contributed by atoms with Crippen molar-refractivity contribution in [3.05, 3.63) is 30.1 Å². The van der Waals surface area contributed by atoms with E-state index < -0.39 is 0 Å². The summed E-state index contributed by atoms with van der Waals surface area (Å²) < 4.78 is 2.12. The van der Waals surface area contributed by atoms with Crippen molar-refractivity contribution in [2.75, 3.05) is 13.6 Å². The lowest BCUT2D eigenvalue weighted by molar-refractivity contribution is -0.715. The summed E-state index contributed by atoms with van der Waals surface area (Å²) in [6.07, 6.45) is 3.81. The van der Waals surface area contributed by atoms with E-state index in [1.165, 1.54) is 5.69 Å². The topological polar surface area (TPSA) is 24.2 Å². The predicted octanol–water partition coefficient (Wildman–Crippen LogP) is 0.940. The molecule has 0 aromatic carbocycles. The van der Waals surface area contributed by atoms with Gasteiger partial charge in [-0.3, -0.25) is 4.79 Å². The summed E-state index contributed by atoms with van der Waals surface area (Å²) in [5, 5.41) is 0. The van der Waals surface area contributed by atoms with Crippen LogP contribution in [0.1, 0.15) is 25.1 Å². The van der Waals surface area contributed by atoms with Gasteiger partial charge in [-0.1, -0.05) is 13.0 Å². The molecule has 1 aliphatic rings. The maximum Gasteiger partial charge on any atom is 0.291 e. The van der Waals surface area contributed by atoms with Crippen LogP contribution >= 0.6 is 0 Å². The fraction of sp³-hybridized carbons (Fsp3) is 0.500. The summed E-state index contributed by atoms with van der Waals surface area (Å²) in [5.41, 5.74) is 1.25. The number of carbonyl (C=O) groups is 1. The Morgan fingerprint density at radius 1 is 1.53 bits per heavy atom. The zero-order valence-corrected chi connectivity index (χ0v) is 9.31. The van der Waals surface area contributed by atoms with Crippen LogP contribution < -0.4 is 4.57 Å². The molecule has 3 nitrogen and oxygen atoms in total. The summed E-state index contributed by atoms with van der Waals surface area (Å²) in [7, 11) is 1.89. The highest BCUT2D eigenvalue weighted by molar-refractivity contribution is 5.78. The third kappa shape index (κ3) is 1.74. The molecule has 1 aliphatic heterocycles. The van der Waals surface area contributed by atoms with Gasteiger partial charge in [0.25, 0.3) is 5.91 Å². The van der Waals surface area contributed by atoms with Gasteiger partial charge in [-0.15, -0.1) is 0 Å². The van der Waals surface area contributed by atoms with Gasteiger partial charge in [-0.05, 0) is 0 Å². The van der Waals surface area contributed by atoms with Gasteiger partial charge >= 0.3 is 0 Å². The van der Waals surface area contributed by atoms with Crippen LogP contribution in [0.3, 0.4) is 0 Å². The molecule has 0 aliphatic carbocycles. The van der Waals surface area contributed by atoms with Crippen LogP contribution in [0.25, 0.3) is 0 Å². The van der Waals surface area contributed by atoms with Crippen molar-refractivity contribution in [1.29, 1.82) is 0 Å². The summed E-state index contributed by atoms with van der Waals surface area (Å²) >= 11 is 0. The molecule has 0 spiro atoms. The van der Waals surface area contributed by atoms with E-state index in [4.69, 9.17) is 0 Å². The Morgan fingerprint density at radius 3 is 3.07 bits per heavy atom. The van der Waals surface area contributed by atoms with E-state index in [1.807, 2.05) is 30.3 Å². The number of rotatable bonds is 1. The molecule has 2 rings (SSSR count). The number of hydrogen-bond donors (Lipinski definition) is 0. The van der Waals surface area contributed by atoms with E-state index in [9.17, 15) is 4.79 Å². The monoisotopic (exact) mass is 205 g/mol. The molecule has 0 saturated carbocycles. The van der Waals surface area contributed by atoms with Crippen molar-refractivity contribution >= 4 is 5.91 Å². The van der Waals surface area contributed by atoms with Crippen molar-refractivity contribution in [3.63, 3.8) is 0 Å². The fourth-order valence-electron chi connectivity index (χ4n) is 2.14. The van der Waals surface area contributed by atoms with Gasteiger partial charge in [-0.2, -0.15) is 4.57 Å². The third-order valence-electron chi connectivity index (χ3n) is 3.07. The van der Waals surface area contributed by atoms with Gasteiger partial charge in [0.15, 0.2) is 11.9 Å². The van der Waals surface area contributed by atoms with Crippen molar-refractivity contribution in [2.24, 2.45) is 0 Å². The molecule has 0 saturated heterocycles. The Hall–Kier alpha value is -1.38. The van der Waals surface area contributed by atoms with Crippen molar-refractivity contribution in [2.45, 2.75) is 25.8 Å². The maximum atomic E-state index is 12.0. The number of aromatic nitrogens is 1. The first-order chi connectivity index (χ1) is 7.24. The Kier molecular flexibility index (Phi) is 2.71. The van der Waals surface area contributed by atoms with E-state index in [-0.39, 0.29) is 11.9 Å². The smallest absolute Gasteiger partial charge is 0.291 e. The molecule has 0 N–H and O–H groups in total. The highest BCUT2D eigenvalue weighted by atomic mass is 16.2. The van der Waals surface area contributed by atoms with Crippen molar-refractivity contribution in [1.82, 2.24) is 4.90 Å². The van der Waals surface area contributed by atoms with E-state index in [1.54, 1.807) is 0 Å². The van der Waals surface area contributed by atoms with Gasteiger partial charge in [0.2, 0.25) is 6.04 Å². The molecule has 1 aromatic heterocycles. The van der Waals surface area contributed by atoms with Gasteiger partial charge in [0, 0.05) is 32.1 Å². The van der Waals surface area contributed by atoms with Gasteiger partial charge in [0.1, 0.15) is 0 Å². The van der Waals surface area contributed by atoms with Crippen molar-refractivity contribution in [3.8, 4) is 0 Å². The van der Waals surface area contributed by atoms with E-state index >= 15 is 0 Å². The molecule has 3 heteroatoms. The van der Waals surface area contributed by atoms with Gasteiger partial charge in [-0.25, -0.2) is 0 Å². The average Bonchev–Trinajstić information content (AvgIpc) is 2.38. The van der Waals surface area contributed by atoms with Gasteiger partial charge in [0.05, 0.1) is 6.42 Å². The normalized spacial score (nSPS) is 21.1. The summed E-state index contributed by atoms with van der Waals surface area (Å²) in [5.74, 6) is 0.229. The van der Waals surface area contributed by atoms with Crippen LogP contribution in [0.5, 0.6) is 0 Å². The zero-order chi connectivity index (χ0) is 10.8. The fourth-order valence-corrected chi connectivity index (χ4v) is 2.14. The lowest BCUT2D eigenvalue weighted by Gasteiger charge is -2.15. The number of nitrogens with zero attached hydrogens (tertiary/aromatic N) is 2. The number of amides is 1. The second-order valence-corrected chi connectivity index (χ2v) is 4.03. The summed E-state index contributed by atoms with van der Waals surface area (Å²) in [6, 6.07) is 6.11. The van der Waals surface area contributed by atoms with E-state index in [0.717, 1.165) is 19.4 Å². The Bertz CT molecular complexity index is 376. The number of hydrogen-bond acceptors (Lipinski definition) is 1. The minimum atomic E-state index is -0.0197. The summed E-state index contributed by atoms with van der Waals surface area (Å²) in [6.45, 7) is 2.88. The van der Waals surface area contributed by atoms with Gasteiger partial charge < -0.3 is 4.90 Å². The molecule has 80 valence electrons. The molecule has 1 amide bonds. The molecule has 15 heavy (non-hydrogen) atoms. The molecule has 1 aromatic rings. The number of likely N-dealkylation sites (N-methyl/N-ethyl adjacent to an activating group) is 1. The lowest BCUT2D eigenvalue weighted by atomic mass is 10.2. The quantitative estimate of drug-likeness (QED) is 0.626. The first-order valence-corrected chi connectivity index (χ1v) is 5.48. The largest absolute Gasteiger partial charge is 0.339 e. The maximum absolute atomic E-state index is 12.0. The minimum Gasteiger partial charge on any atom is -0.339 e. The lowest BCUT2D eigenvalue weighted by Crippen LogP contribution is -2.47. The molecule has 1 unspecified atom stereocenters. The minimum absolute atomic E-state index is 0.0197. The average molecular weight is 205 g/mol. The molecule has 0 radical (unpaired) electrons. The van der Waals surface area contributed by atoms with Crippen LogP contribution in [0, 0.1) is 0 Å². The van der Waals surface area contributed by atoms with Crippen molar-refractivity contribution < 1.29 is 9.36 Å². The molecule has 1 atom stereocenters. The second kappa shape index (κ2) is 4.01. The number of carbonyl (C=O) groups excluding carboxylic acids is 1. The Balaban J connectivity index is 2.45. The summed E-state index contributed by atoms with van der Waals surface area (Å²) in [4.78, 5) is 13.9. The highest BCUT2D eigenvalue weighted by Crippen LogP contribution is 2.12. The first-order valence-electron chi connectivity index (χ1n) is 5.48. The standard InChI is InChI=1S/C12H17N2O/c1-3-11-12(15)13(2)9-7-10-6-4-5-8-14(10)11/h4-6,8,11H,3,7,9H2,1-2H3/q+1. The SMILES string of the molecule is CCC1C(=O)N(C)CCc2cccc[n+]21. The molecular weight excluding hydrogens is 188 g/mol. The third-order valence-corrected chi connectivity index (χ3v) is 3.07. The van der Waals surface area contributed by atoms with E-state index in [2.05, 4.69) is 17.6 Å². The molecule has 2 heterocycles. The van der Waals surface area contributed by atoms with Crippen LogP contribution in [0.15, 0.2) is 24.4 Å². The second-order valence-electron chi connectivity index (χ2n) is 4.03. The van der Waals surface area contributed by atoms with E-state index in [0.29, 0.717) is 0 Å². The van der Waals surface area contributed by atoms with Crippen LogP contribution in [-0.4, -0.2) is 24.4 Å². The first kappa shape index (κ1) is 10.1. The number of pyridine rings is 1.